The minimum atomic E-state index is -1.58. The van der Waals surface area contributed by atoms with Crippen LogP contribution in [0.2, 0.25) is 0 Å². The number of carbonyl (C=O) groups excluding carboxylic acids is 5. The van der Waals surface area contributed by atoms with Gasteiger partial charge < -0.3 is 71.9 Å². The molecule has 35 heteroatoms. The molecule has 4 amide bonds. The fraction of sp³-hybridized carbons (Fsp3) is 0.607. The normalized spacial score (nSPS) is 18.1. The lowest BCUT2D eigenvalue weighted by Gasteiger charge is -2.35. The lowest BCUT2D eigenvalue weighted by Crippen LogP contribution is -2.55. The van der Waals surface area contributed by atoms with E-state index in [1.807, 2.05) is 0 Å². The Kier molecular flexibility index (Phi) is 32.5. The third-order valence-electron chi connectivity index (χ3n) is 15.2. The van der Waals surface area contributed by atoms with Crippen molar-refractivity contribution in [3.05, 3.63) is 54.1 Å². The first-order valence-corrected chi connectivity index (χ1v) is 29.5. The number of carbonyl (C=O) groups is 13. The average molecular weight is 1290 g/mol. The third-order valence-corrected chi connectivity index (χ3v) is 15.2. The van der Waals surface area contributed by atoms with Crippen LogP contribution in [0.15, 0.2) is 42.9 Å². The zero-order valence-corrected chi connectivity index (χ0v) is 50.4. The summed E-state index contributed by atoms with van der Waals surface area (Å²) in [6.45, 7) is -3.02. The Hall–Kier alpha value is -8.58. The smallest absolute Gasteiger partial charge is 0.320 e. The summed E-state index contributed by atoms with van der Waals surface area (Å²) in [7, 11) is 0. The second-order valence-electron chi connectivity index (χ2n) is 22.0. The molecule has 35 nitrogen and oxygen atoms in total. The summed E-state index contributed by atoms with van der Waals surface area (Å²) in [5.41, 5.74) is 0.775. The second-order valence-corrected chi connectivity index (χ2v) is 22.0. The zero-order chi connectivity index (χ0) is 67.0. The van der Waals surface area contributed by atoms with Gasteiger partial charge >= 0.3 is 47.8 Å². The van der Waals surface area contributed by atoms with Gasteiger partial charge in [0.15, 0.2) is 0 Å². The number of aliphatic carboxylic acids is 8. The molecule has 0 saturated carbocycles. The van der Waals surface area contributed by atoms with Crippen molar-refractivity contribution < 1.29 is 103 Å². The Balaban J connectivity index is 1.59. The fourth-order valence-electron chi connectivity index (χ4n) is 10.5. The summed E-state index contributed by atoms with van der Waals surface area (Å²) in [5.74, 6) is -13.3. The molecule has 2 fully saturated rings. The van der Waals surface area contributed by atoms with Crippen LogP contribution in [-0.4, -0.2) is 342 Å². The number of nitrogens with zero attached hydrogens (tertiary/aromatic N) is 9. The Bertz CT molecular complexity index is 2680. The number of imidazole rings is 1. The van der Waals surface area contributed by atoms with E-state index >= 15 is 0 Å². The van der Waals surface area contributed by atoms with E-state index in [1.165, 1.54) is 51.7 Å². The Morgan fingerprint density at radius 1 is 0.462 bits per heavy atom. The van der Waals surface area contributed by atoms with Crippen molar-refractivity contribution >= 4 is 77.7 Å². The van der Waals surface area contributed by atoms with Crippen molar-refractivity contribution in [2.75, 3.05) is 151 Å². The summed E-state index contributed by atoms with van der Waals surface area (Å²) in [6.07, 6.45) is 0.734. The Morgan fingerprint density at radius 2 is 0.824 bits per heavy atom. The van der Waals surface area contributed by atoms with Crippen LogP contribution in [0.25, 0.3) is 0 Å². The first kappa shape index (κ1) is 74.9. The van der Waals surface area contributed by atoms with Gasteiger partial charge in [0.1, 0.15) is 36.5 Å². The first-order chi connectivity index (χ1) is 43.3. The number of aromatic nitrogens is 2. The lowest BCUT2D eigenvalue weighted by atomic mass is 10.0. The van der Waals surface area contributed by atoms with Gasteiger partial charge in [-0.1, -0.05) is 30.3 Å². The van der Waals surface area contributed by atoms with E-state index < -0.39 is 160 Å². The van der Waals surface area contributed by atoms with Crippen molar-refractivity contribution in [2.24, 2.45) is 0 Å². The van der Waals surface area contributed by atoms with Crippen molar-refractivity contribution in [2.45, 2.75) is 68.7 Å². The molecule has 2 saturated heterocycles. The van der Waals surface area contributed by atoms with Gasteiger partial charge in [0.05, 0.1) is 57.5 Å². The highest BCUT2D eigenvalue weighted by Crippen LogP contribution is 2.15. The second kappa shape index (κ2) is 39.5. The summed E-state index contributed by atoms with van der Waals surface area (Å²) in [4.78, 5) is 184. The molecule has 2 unspecified atom stereocenters. The van der Waals surface area contributed by atoms with Crippen molar-refractivity contribution in [3.8, 4) is 0 Å². The molecule has 0 bridgehead atoms. The number of aromatic amines is 1. The highest BCUT2D eigenvalue weighted by Gasteiger charge is 2.34. The van der Waals surface area contributed by atoms with Crippen LogP contribution in [0.5, 0.6) is 0 Å². The predicted molar refractivity (Wildman–Crippen MR) is 316 cm³/mol. The number of aldehydes is 1. The van der Waals surface area contributed by atoms with Gasteiger partial charge in [-0.25, -0.2) is 4.98 Å². The molecule has 13 N–H and O–H groups in total. The van der Waals surface area contributed by atoms with E-state index in [1.54, 1.807) is 30.3 Å². The average Bonchev–Trinajstić information content (AvgIpc) is 2.09. The molecule has 2 aliphatic rings. The van der Waals surface area contributed by atoms with Gasteiger partial charge in [-0.15, -0.1) is 0 Å². The molecule has 504 valence electrons. The topological polar surface area (TPSA) is 486 Å². The van der Waals surface area contributed by atoms with Crippen molar-refractivity contribution in [1.82, 2.24) is 70.4 Å². The number of H-pyrrole nitrogens is 1. The molecule has 0 spiro atoms. The SMILES string of the molecule is O=C[C@@H](NC(=O)[C@H](Cc1ccccc1)NC(=O)[C@H](CCNC(=O)CCC(C(=O)O)N1CCN(CC(=O)O)CCN(CC(=O)O)CCN(CC(=O)O)CC1)NC(=O)CCC(C(=O)O)N1CCN(CC(=O)O)CCN(CC(=O)O)CCN(CC(=O)O)CC1)c1cnc[nH]1. The summed E-state index contributed by atoms with van der Waals surface area (Å²) in [5, 5.41) is 89.4. The number of carboxylic acid groups (broad SMARTS) is 8. The number of nitrogens with one attached hydrogen (secondary N) is 5. The molecule has 1 aromatic carbocycles. The van der Waals surface area contributed by atoms with Crippen LogP contribution in [0.1, 0.15) is 49.4 Å². The van der Waals surface area contributed by atoms with Crippen LogP contribution in [0, 0.1) is 0 Å². The molecule has 1 aromatic heterocycles. The van der Waals surface area contributed by atoms with Gasteiger partial charge in [-0.05, 0) is 24.8 Å². The van der Waals surface area contributed by atoms with E-state index in [-0.39, 0.29) is 136 Å². The van der Waals surface area contributed by atoms with E-state index in [0.717, 1.165) is 0 Å². The van der Waals surface area contributed by atoms with E-state index in [2.05, 4.69) is 31.2 Å². The van der Waals surface area contributed by atoms with Crippen LogP contribution in [0.3, 0.4) is 0 Å². The monoisotopic (exact) mass is 1290 g/mol. The largest absolute Gasteiger partial charge is 0.480 e. The van der Waals surface area contributed by atoms with Crippen LogP contribution < -0.4 is 21.3 Å². The van der Waals surface area contributed by atoms with Crippen LogP contribution in [0.4, 0.5) is 0 Å². The van der Waals surface area contributed by atoms with E-state index in [9.17, 15) is 103 Å². The number of amides is 4. The van der Waals surface area contributed by atoms with Crippen molar-refractivity contribution in [1.29, 1.82) is 0 Å². The summed E-state index contributed by atoms with van der Waals surface area (Å²) in [6, 6.07) is 1.33. The molecule has 4 rings (SSSR count). The van der Waals surface area contributed by atoms with Gasteiger partial charge in [-0.3, -0.25) is 96.7 Å². The molecule has 0 aliphatic carbocycles. The standard InChI is InChI=1S/C56H84N14O21/c71-36-42(41-29-57-37-59-41)62-54(87)40(28-38-4-2-1-3-5-38)61-53(86)39(60-46(73)9-7-44(56(90)91)70-26-22-67(34-51(82)83)18-14-64(31-48(76)77)15-19-68(23-27-70)35-52(84)85)10-11-58-45(72)8-6-43(55(88)89)69-24-20-65(32-49(78)79)16-12-63(30-47(74)75)13-17-66(21-25-69)33-50(80)81/h1-5,29,36-37,39-40,42-44H,6-28,30-35H2,(H,57,59)(H,58,72)(H,60,73)(H,61,86)(H,62,87)(H,74,75)(H,76,77)(H,78,79)(H,80,81)(H,82,83)(H,84,85)(H,88,89)(H,90,91)/t39-,40-,42+,43?,44?/m0/s1. The predicted octanol–water partition coefficient (Wildman–Crippen LogP) is -5.10. The highest BCUT2D eigenvalue weighted by molar-refractivity contribution is 5.93. The minimum absolute atomic E-state index is 0.0131. The van der Waals surface area contributed by atoms with Gasteiger partial charge in [0, 0.05) is 131 Å². The molecule has 0 radical (unpaired) electrons. The molecular formula is C56H84N14O21. The molecule has 2 aromatic rings. The zero-order valence-electron chi connectivity index (χ0n) is 50.4. The molecule has 91 heavy (non-hydrogen) atoms. The summed E-state index contributed by atoms with van der Waals surface area (Å²) >= 11 is 0. The van der Waals surface area contributed by atoms with Gasteiger partial charge in [-0.2, -0.15) is 0 Å². The highest BCUT2D eigenvalue weighted by atomic mass is 16.4. The molecular weight excluding hydrogens is 1200 g/mol. The summed E-state index contributed by atoms with van der Waals surface area (Å²) < 4.78 is 0. The van der Waals surface area contributed by atoms with E-state index in [4.69, 9.17) is 0 Å². The Labute approximate surface area is 523 Å². The van der Waals surface area contributed by atoms with Crippen LogP contribution >= 0.6 is 0 Å². The number of carboxylic acids is 8. The lowest BCUT2D eigenvalue weighted by molar-refractivity contribution is -0.145. The number of benzene rings is 1. The molecule has 5 atom stereocenters. The number of hydrogen-bond donors (Lipinski definition) is 13. The first-order valence-electron chi connectivity index (χ1n) is 29.5. The maximum absolute atomic E-state index is 14.5. The third kappa shape index (κ3) is 29.3. The van der Waals surface area contributed by atoms with Gasteiger partial charge in [0.25, 0.3) is 0 Å². The van der Waals surface area contributed by atoms with Crippen LogP contribution in [-0.2, 0) is 68.7 Å². The fourth-order valence-corrected chi connectivity index (χ4v) is 10.5. The molecule has 2 aliphatic heterocycles. The van der Waals surface area contributed by atoms with Gasteiger partial charge in [0.2, 0.25) is 23.6 Å². The van der Waals surface area contributed by atoms with E-state index in [0.29, 0.717) is 11.8 Å². The maximum atomic E-state index is 14.5. The minimum Gasteiger partial charge on any atom is -0.480 e. The molecule has 3 heterocycles. The number of hydrogen-bond acceptors (Lipinski definition) is 22. The van der Waals surface area contributed by atoms with Crippen molar-refractivity contribution in [3.63, 3.8) is 0 Å². The maximum Gasteiger partial charge on any atom is 0.320 e. The quantitative estimate of drug-likeness (QED) is 0.0292. The number of rotatable bonds is 34. The Morgan fingerprint density at radius 3 is 1.16 bits per heavy atom.